The molecule has 6 heteroatoms. The van der Waals surface area contributed by atoms with Crippen molar-refractivity contribution in [3.63, 3.8) is 0 Å². The van der Waals surface area contributed by atoms with Crippen LogP contribution in [0.5, 0.6) is 0 Å². The van der Waals surface area contributed by atoms with Crippen molar-refractivity contribution in [2.24, 2.45) is 5.73 Å². The van der Waals surface area contributed by atoms with E-state index >= 15 is 0 Å². The van der Waals surface area contributed by atoms with Crippen molar-refractivity contribution in [1.29, 1.82) is 5.26 Å². The number of benzene rings is 2. The van der Waals surface area contributed by atoms with Gasteiger partial charge in [0.25, 0.3) is 0 Å². The van der Waals surface area contributed by atoms with Crippen LogP contribution >= 0.6 is 0 Å². The number of nitriles is 1. The minimum absolute atomic E-state index is 0.269. The van der Waals surface area contributed by atoms with Crippen molar-refractivity contribution in [2.45, 2.75) is 12.3 Å². The third-order valence-corrected chi connectivity index (χ3v) is 4.72. The number of carbonyl (C=O) groups is 1. The second kappa shape index (κ2) is 5.95. The van der Waals surface area contributed by atoms with Gasteiger partial charge < -0.3 is 15.6 Å². The van der Waals surface area contributed by atoms with Crippen molar-refractivity contribution in [3.8, 4) is 17.3 Å². The number of aromatic nitrogens is 2. The van der Waals surface area contributed by atoms with E-state index in [0.717, 1.165) is 47.5 Å². The van der Waals surface area contributed by atoms with Gasteiger partial charge in [0, 0.05) is 24.6 Å². The van der Waals surface area contributed by atoms with Crippen LogP contribution in [0.25, 0.3) is 22.2 Å². The first-order valence-electron chi connectivity index (χ1n) is 8.18. The monoisotopic (exact) mass is 331 g/mol. The lowest BCUT2D eigenvalue weighted by atomic mass is 10.0. The van der Waals surface area contributed by atoms with E-state index in [1.54, 1.807) is 17.0 Å². The van der Waals surface area contributed by atoms with E-state index in [0.29, 0.717) is 5.56 Å². The van der Waals surface area contributed by atoms with Crippen LogP contribution < -0.4 is 5.73 Å². The highest BCUT2D eigenvalue weighted by Crippen LogP contribution is 2.28. The van der Waals surface area contributed by atoms with Crippen molar-refractivity contribution < 1.29 is 4.79 Å². The molecule has 0 aliphatic carbocycles. The Hall–Kier alpha value is -3.33. The summed E-state index contributed by atoms with van der Waals surface area (Å²) >= 11 is 0. The number of aromatic amines is 1. The molecule has 1 atom stereocenters. The zero-order valence-electron chi connectivity index (χ0n) is 13.6. The van der Waals surface area contributed by atoms with E-state index in [9.17, 15) is 4.79 Å². The molecule has 1 saturated heterocycles. The number of fused-ring (bicyclic) bond motifs is 1. The Morgan fingerprint density at radius 1 is 1.24 bits per heavy atom. The number of nitrogens with two attached hydrogens (primary N) is 1. The summed E-state index contributed by atoms with van der Waals surface area (Å²) in [5, 5.41) is 9.00. The molecule has 1 aromatic heterocycles. The second-order valence-electron chi connectivity index (χ2n) is 6.33. The summed E-state index contributed by atoms with van der Waals surface area (Å²) in [5.41, 5.74) is 9.73. The molecule has 3 N–H and O–H groups in total. The van der Waals surface area contributed by atoms with E-state index < -0.39 is 5.91 Å². The summed E-state index contributed by atoms with van der Waals surface area (Å²) in [6.45, 7) is 1.51. The van der Waals surface area contributed by atoms with Gasteiger partial charge in [-0.25, -0.2) is 4.98 Å². The maximum absolute atomic E-state index is 11.2. The van der Waals surface area contributed by atoms with Gasteiger partial charge in [0.05, 0.1) is 11.0 Å². The first-order valence-corrected chi connectivity index (χ1v) is 8.18. The Bertz CT molecular complexity index is 983. The van der Waals surface area contributed by atoms with Gasteiger partial charge in [-0.2, -0.15) is 5.26 Å². The van der Waals surface area contributed by atoms with Crippen molar-refractivity contribution in [2.75, 3.05) is 13.1 Å². The molecule has 6 nitrogen and oxygen atoms in total. The lowest BCUT2D eigenvalue weighted by Gasteiger charge is -2.05. The molecule has 2 heterocycles. The summed E-state index contributed by atoms with van der Waals surface area (Å²) in [5.74, 6) is 0.780. The molecule has 1 fully saturated rings. The highest BCUT2D eigenvalue weighted by atomic mass is 16.1. The number of hydrogen-bond acceptors (Lipinski definition) is 4. The van der Waals surface area contributed by atoms with Gasteiger partial charge in [0.15, 0.2) is 6.19 Å². The fraction of sp³-hybridized carbons (Fsp3) is 0.211. The molecule has 1 aliphatic rings. The molecule has 0 bridgehead atoms. The smallest absolute Gasteiger partial charge is 0.248 e. The number of imidazole rings is 1. The van der Waals surface area contributed by atoms with E-state index in [4.69, 9.17) is 11.0 Å². The Morgan fingerprint density at radius 3 is 2.68 bits per heavy atom. The fourth-order valence-electron chi connectivity index (χ4n) is 3.30. The number of H-pyrrole nitrogens is 1. The Kier molecular flexibility index (Phi) is 3.62. The van der Waals surface area contributed by atoms with Crippen molar-refractivity contribution >= 4 is 16.9 Å². The number of rotatable bonds is 3. The number of hydrogen-bond donors (Lipinski definition) is 2. The number of nitrogens with zero attached hydrogens (tertiary/aromatic N) is 3. The molecule has 2 aromatic carbocycles. The fourth-order valence-corrected chi connectivity index (χ4v) is 3.30. The van der Waals surface area contributed by atoms with Crippen LogP contribution in [0.1, 0.15) is 28.5 Å². The number of amides is 1. The van der Waals surface area contributed by atoms with E-state index in [2.05, 4.69) is 22.2 Å². The summed E-state index contributed by atoms with van der Waals surface area (Å²) < 4.78 is 0. The highest BCUT2D eigenvalue weighted by molar-refractivity contribution is 5.93. The lowest BCUT2D eigenvalue weighted by Crippen LogP contribution is -2.13. The predicted octanol–water partition coefficient (Wildman–Crippen LogP) is 2.60. The standard InChI is InChI=1S/C19H17N5O/c20-11-24-8-7-15(10-24)19-22-16-6-5-14(9-17(16)23-19)12-1-3-13(4-2-12)18(21)25/h1-6,9,15H,7-8,10H2,(H2,21,25)(H,22,23). The summed E-state index contributed by atoms with van der Waals surface area (Å²) in [4.78, 5) is 21.0. The lowest BCUT2D eigenvalue weighted by molar-refractivity contribution is 0.100. The Morgan fingerprint density at radius 2 is 2.00 bits per heavy atom. The molecular formula is C19H17N5O. The zero-order chi connectivity index (χ0) is 17.4. The number of carbonyl (C=O) groups excluding carboxylic acids is 1. The van der Waals surface area contributed by atoms with Gasteiger partial charge in [0.1, 0.15) is 5.82 Å². The van der Waals surface area contributed by atoms with E-state index in [1.165, 1.54) is 0 Å². The number of likely N-dealkylation sites (tertiary alicyclic amines) is 1. The maximum Gasteiger partial charge on any atom is 0.248 e. The molecule has 0 saturated carbocycles. The molecule has 4 rings (SSSR count). The largest absolute Gasteiger partial charge is 0.366 e. The van der Waals surface area contributed by atoms with Crippen LogP contribution in [0.2, 0.25) is 0 Å². The van der Waals surface area contributed by atoms with E-state index in [1.807, 2.05) is 24.3 Å². The minimum Gasteiger partial charge on any atom is -0.366 e. The highest BCUT2D eigenvalue weighted by Gasteiger charge is 2.25. The first-order chi connectivity index (χ1) is 12.1. The van der Waals surface area contributed by atoms with Crippen LogP contribution in [-0.2, 0) is 0 Å². The van der Waals surface area contributed by atoms with Gasteiger partial charge >= 0.3 is 0 Å². The molecule has 25 heavy (non-hydrogen) atoms. The summed E-state index contributed by atoms with van der Waals surface area (Å²) in [7, 11) is 0. The van der Waals surface area contributed by atoms with Crippen LogP contribution in [0.3, 0.4) is 0 Å². The minimum atomic E-state index is -0.428. The molecular weight excluding hydrogens is 314 g/mol. The molecule has 124 valence electrons. The Labute approximate surface area is 144 Å². The van der Waals surface area contributed by atoms with Gasteiger partial charge in [-0.05, 0) is 41.8 Å². The van der Waals surface area contributed by atoms with Crippen LogP contribution in [-0.4, -0.2) is 33.9 Å². The third kappa shape index (κ3) is 2.81. The van der Waals surface area contributed by atoms with Gasteiger partial charge in [-0.1, -0.05) is 18.2 Å². The second-order valence-corrected chi connectivity index (χ2v) is 6.33. The van der Waals surface area contributed by atoms with Gasteiger partial charge in [-0.15, -0.1) is 0 Å². The molecule has 1 amide bonds. The van der Waals surface area contributed by atoms with Crippen molar-refractivity contribution in [1.82, 2.24) is 14.9 Å². The maximum atomic E-state index is 11.2. The third-order valence-electron chi connectivity index (χ3n) is 4.72. The van der Waals surface area contributed by atoms with Crippen molar-refractivity contribution in [3.05, 3.63) is 53.9 Å². The molecule has 1 aliphatic heterocycles. The molecule has 3 aromatic rings. The summed E-state index contributed by atoms with van der Waals surface area (Å²) in [6.07, 6.45) is 3.14. The van der Waals surface area contributed by atoms with E-state index in [-0.39, 0.29) is 5.92 Å². The summed E-state index contributed by atoms with van der Waals surface area (Å²) in [6, 6.07) is 13.3. The average molecular weight is 331 g/mol. The predicted molar refractivity (Wildman–Crippen MR) is 94.6 cm³/mol. The normalized spacial score (nSPS) is 16.9. The molecule has 1 unspecified atom stereocenters. The number of primary amides is 1. The zero-order valence-corrected chi connectivity index (χ0v) is 13.6. The van der Waals surface area contributed by atoms with Crippen LogP contribution in [0.4, 0.5) is 0 Å². The Balaban J connectivity index is 1.64. The quantitative estimate of drug-likeness (QED) is 0.721. The number of nitrogens with one attached hydrogen (secondary N) is 1. The first kappa shape index (κ1) is 15.2. The van der Waals surface area contributed by atoms with Gasteiger partial charge in [0.2, 0.25) is 5.91 Å². The van der Waals surface area contributed by atoms with Crippen LogP contribution in [0, 0.1) is 11.5 Å². The molecule has 0 radical (unpaired) electrons. The average Bonchev–Trinajstić information content (AvgIpc) is 3.27. The SMILES string of the molecule is N#CN1CCC(c2nc3ccc(-c4ccc(C(N)=O)cc4)cc3[nH]2)C1. The topological polar surface area (TPSA) is 98.8 Å². The van der Waals surface area contributed by atoms with Crippen LogP contribution in [0.15, 0.2) is 42.5 Å². The van der Waals surface area contributed by atoms with Gasteiger partial charge in [-0.3, -0.25) is 4.79 Å². The molecule has 0 spiro atoms.